The molecule has 0 spiro atoms. The highest BCUT2D eigenvalue weighted by Crippen LogP contribution is 2.23. The van der Waals surface area contributed by atoms with Crippen LogP contribution in [-0.4, -0.2) is 11.4 Å². The molecule has 0 amide bonds. The number of phenolic OH excluding ortho intramolecular Hbond substituents is 1. The molecule has 16 heavy (non-hydrogen) atoms. The summed E-state index contributed by atoms with van der Waals surface area (Å²) in [7, 11) is 0. The standard InChI is InChI=1S/C14H12O2/c1-10-8-12(2-3-13(10)9-15)11-4-6-14(16)7-5-11/h2-9,16H,1H3. The second-order valence-electron chi connectivity index (χ2n) is 3.74. The second-order valence-corrected chi connectivity index (χ2v) is 3.74. The van der Waals surface area contributed by atoms with E-state index in [4.69, 9.17) is 0 Å². The average molecular weight is 212 g/mol. The van der Waals surface area contributed by atoms with Crippen LogP contribution in [0.2, 0.25) is 0 Å². The van der Waals surface area contributed by atoms with Gasteiger partial charge in [-0.2, -0.15) is 0 Å². The Morgan fingerprint density at radius 2 is 1.62 bits per heavy atom. The van der Waals surface area contributed by atoms with Crippen molar-refractivity contribution in [1.82, 2.24) is 0 Å². The van der Waals surface area contributed by atoms with Gasteiger partial charge in [0.05, 0.1) is 0 Å². The van der Waals surface area contributed by atoms with Gasteiger partial charge in [0, 0.05) is 5.56 Å². The fourth-order valence-corrected chi connectivity index (χ4v) is 1.64. The molecule has 2 aromatic carbocycles. The summed E-state index contributed by atoms with van der Waals surface area (Å²) in [4.78, 5) is 10.7. The van der Waals surface area contributed by atoms with Gasteiger partial charge >= 0.3 is 0 Å². The average Bonchev–Trinajstić information content (AvgIpc) is 2.30. The maximum Gasteiger partial charge on any atom is 0.150 e. The van der Waals surface area contributed by atoms with Crippen molar-refractivity contribution in [1.29, 1.82) is 0 Å². The maximum absolute atomic E-state index is 10.7. The number of aryl methyl sites for hydroxylation is 1. The first-order valence-corrected chi connectivity index (χ1v) is 5.06. The quantitative estimate of drug-likeness (QED) is 0.776. The predicted octanol–water partition coefficient (Wildman–Crippen LogP) is 3.18. The molecule has 2 rings (SSSR count). The number of rotatable bonds is 2. The van der Waals surface area contributed by atoms with E-state index in [1.807, 2.05) is 37.3 Å². The van der Waals surface area contributed by atoms with E-state index < -0.39 is 0 Å². The molecule has 0 saturated heterocycles. The zero-order valence-corrected chi connectivity index (χ0v) is 8.97. The molecule has 0 aromatic heterocycles. The van der Waals surface area contributed by atoms with E-state index in [0.29, 0.717) is 5.56 Å². The van der Waals surface area contributed by atoms with Gasteiger partial charge in [0.15, 0.2) is 0 Å². The summed E-state index contributed by atoms with van der Waals surface area (Å²) >= 11 is 0. The zero-order valence-electron chi connectivity index (χ0n) is 8.97. The molecule has 0 unspecified atom stereocenters. The number of carbonyl (C=O) groups is 1. The molecule has 0 bridgehead atoms. The fraction of sp³-hybridized carbons (Fsp3) is 0.0714. The molecule has 1 N–H and O–H groups in total. The smallest absolute Gasteiger partial charge is 0.150 e. The number of phenols is 1. The van der Waals surface area contributed by atoms with Crippen LogP contribution in [0.15, 0.2) is 42.5 Å². The molecule has 0 aliphatic rings. The molecule has 0 aliphatic carbocycles. The molecular formula is C14H12O2. The van der Waals surface area contributed by atoms with E-state index in [0.717, 1.165) is 23.0 Å². The third-order valence-electron chi connectivity index (χ3n) is 2.60. The SMILES string of the molecule is Cc1cc(-c2ccc(O)cc2)ccc1C=O. The lowest BCUT2D eigenvalue weighted by atomic mass is 10.0. The lowest BCUT2D eigenvalue weighted by molar-refractivity contribution is 0.112. The van der Waals surface area contributed by atoms with Gasteiger partial charge in [0.1, 0.15) is 12.0 Å². The molecular weight excluding hydrogens is 200 g/mol. The van der Waals surface area contributed by atoms with E-state index in [1.54, 1.807) is 12.1 Å². The highest BCUT2D eigenvalue weighted by molar-refractivity contribution is 5.79. The van der Waals surface area contributed by atoms with Gasteiger partial charge in [0.2, 0.25) is 0 Å². The third-order valence-corrected chi connectivity index (χ3v) is 2.60. The molecule has 0 saturated carbocycles. The summed E-state index contributed by atoms with van der Waals surface area (Å²) < 4.78 is 0. The first-order chi connectivity index (χ1) is 7.70. The van der Waals surface area contributed by atoms with Gasteiger partial charge < -0.3 is 5.11 Å². The Kier molecular flexibility index (Phi) is 2.73. The van der Waals surface area contributed by atoms with Crippen LogP contribution in [0, 0.1) is 6.92 Å². The van der Waals surface area contributed by atoms with E-state index in [-0.39, 0.29) is 5.75 Å². The largest absolute Gasteiger partial charge is 0.508 e. The van der Waals surface area contributed by atoms with Gasteiger partial charge in [-0.3, -0.25) is 4.79 Å². The predicted molar refractivity (Wildman–Crippen MR) is 63.7 cm³/mol. The van der Waals surface area contributed by atoms with Crippen LogP contribution >= 0.6 is 0 Å². The molecule has 80 valence electrons. The van der Waals surface area contributed by atoms with Crippen LogP contribution in [-0.2, 0) is 0 Å². The normalized spacial score (nSPS) is 10.1. The van der Waals surface area contributed by atoms with Crippen LogP contribution in [0.25, 0.3) is 11.1 Å². The molecule has 2 aromatic rings. The number of aldehydes is 1. The number of benzene rings is 2. The van der Waals surface area contributed by atoms with Gasteiger partial charge in [-0.15, -0.1) is 0 Å². The summed E-state index contributed by atoms with van der Waals surface area (Å²) in [5, 5.41) is 9.19. The number of hydrogen-bond donors (Lipinski definition) is 1. The summed E-state index contributed by atoms with van der Waals surface area (Å²) in [5.74, 6) is 0.255. The fourth-order valence-electron chi connectivity index (χ4n) is 1.64. The van der Waals surface area contributed by atoms with Crippen LogP contribution in [0.5, 0.6) is 5.75 Å². The summed E-state index contributed by atoms with van der Waals surface area (Å²) in [6.45, 7) is 1.91. The Morgan fingerprint density at radius 1 is 1.00 bits per heavy atom. The van der Waals surface area contributed by atoms with Crippen molar-refractivity contribution in [2.24, 2.45) is 0 Å². The van der Waals surface area contributed by atoms with Crippen molar-refractivity contribution in [2.45, 2.75) is 6.92 Å². The topological polar surface area (TPSA) is 37.3 Å². The van der Waals surface area contributed by atoms with Crippen molar-refractivity contribution in [3.05, 3.63) is 53.6 Å². The van der Waals surface area contributed by atoms with Gasteiger partial charge in [-0.25, -0.2) is 0 Å². The zero-order chi connectivity index (χ0) is 11.5. The van der Waals surface area contributed by atoms with Gasteiger partial charge in [0.25, 0.3) is 0 Å². The van der Waals surface area contributed by atoms with E-state index in [9.17, 15) is 9.90 Å². The summed E-state index contributed by atoms with van der Waals surface area (Å²) in [6, 6.07) is 12.7. The molecule has 0 radical (unpaired) electrons. The van der Waals surface area contributed by atoms with E-state index >= 15 is 0 Å². The Balaban J connectivity index is 2.45. The van der Waals surface area contributed by atoms with Crippen LogP contribution in [0.1, 0.15) is 15.9 Å². The second kappa shape index (κ2) is 4.19. The van der Waals surface area contributed by atoms with Crippen molar-refractivity contribution < 1.29 is 9.90 Å². The van der Waals surface area contributed by atoms with Crippen molar-refractivity contribution >= 4 is 6.29 Å². The van der Waals surface area contributed by atoms with E-state index in [2.05, 4.69) is 0 Å². The van der Waals surface area contributed by atoms with Crippen molar-refractivity contribution in [3.8, 4) is 16.9 Å². The summed E-state index contributed by atoms with van der Waals surface area (Å²) in [6.07, 6.45) is 0.857. The highest BCUT2D eigenvalue weighted by atomic mass is 16.3. The summed E-state index contributed by atoms with van der Waals surface area (Å²) in [5.41, 5.74) is 3.74. The lowest BCUT2D eigenvalue weighted by Crippen LogP contribution is -1.87. The Labute approximate surface area is 94.2 Å². The Morgan fingerprint density at radius 3 is 2.19 bits per heavy atom. The molecule has 0 aliphatic heterocycles. The van der Waals surface area contributed by atoms with Gasteiger partial charge in [-0.05, 0) is 35.7 Å². The molecule has 0 heterocycles. The van der Waals surface area contributed by atoms with Crippen molar-refractivity contribution in [3.63, 3.8) is 0 Å². The van der Waals surface area contributed by atoms with Crippen LogP contribution in [0.4, 0.5) is 0 Å². The van der Waals surface area contributed by atoms with Crippen molar-refractivity contribution in [2.75, 3.05) is 0 Å². The maximum atomic E-state index is 10.7. The minimum absolute atomic E-state index is 0.255. The molecule has 2 nitrogen and oxygen atoms in total. The molecule has 0 fully saturated rings. The highest BCUT2D eigenvalue weighted by Gasteiger charge is 2.01. The van der Waals surface area contributed by atoms with Crippen LogP contribution < -0.4 is 0 Å². The first-order valence-electron chi connectivity index (χ1n) is 5.06. The van der Waals surface area contributed by atoms with Gasteiger partial charge in [-0.1, -0.05) is 30.3 Å². The Bertz CT molecular complexity index is 513. The van der Waals surface area contributed by atoms with E-state index in [1.165, 1.54) is 0 Å². The molecule has 2 heteroatoms. The number of hydrogen-bond acceptors (Lipinski definition) is 2. The number of aromatic hydroxyl groups is 1. The first kappa shape index (κ1) is 10.4. The minimum atomic E-state index is 0.255. The lowest BCUT2D eigenvalue weighted by Gasteiger charge is -2.05. The molecule has 0 atom stereocenters. The minimum Gasteiger partial charge on any atom is -0.508 e. The Hall–Kier alpha value is -2.09. The van der Waals surface area contributed by atoms with Crippen LogP contribution in [0.3, 0.4) is 0 Å². The monoisotopic (exact) mass is 212 g/mol. The number of carbonyl (C=O) groups excluding carboxylic acids is 1. The third kappa shape index (κ3) is 1.96.